The Hall–Kier alpha value is -3.52. The summed E-state index contributed by atoms with van der Waals surface area (Å²) in [6, 6.07) is 19.6. The summed E-state index contributed by atoms with van der Waals surface area (Å²) < 4.78 is 5.41. The molecule has 1 N–H and O–H groups in total. The molecule has 210 valence electrons. The Morgan fingerprint density at radius 1 is 0.900 bits per heavy atom. The third-order valence-corrected chi connectivity index (χ3v) is 7.61. The minimum absolute atomic E-state index is 0.216. The zero-order chi connectivity index (χ0) is 27.7. The van der Waals surface area contributed by atoms with Crippen LogP contribution in [0.3, 0.4) is 0 Å². The zero-order valence-electron chi connectivity index (χ0n) is 24.1. The van der Waals surface area contributed by atoms with Gasteiger partial charge >= 0.3 is 0 Å². The molecule has 1 aromatic heterocycles. The maximum atomic E-state index is 5.41. The van der Waals surface area contributed by atoms with Crippen LogP contribution in [-0.4, -0.2) is 85.1 Å². The molecule has 1 atom stereocenters. The number of nitrogens with one attached hydrogen (secondary N) is 1. The summed E-state index contributed by atoms with van der Waals surface area (Å²) in [7, 11) is 5.94. The molecular weight excluding hydrogens is 496 g/mol. The van der Waals surface area contributed by atoms with E-state index in [0.717, 1.165) is 87.3 Å². The van der Waals surface area contributed by atoms with Gasteiger partial charge in [-0.1, -0.05) is 60.7 Å². The van der Waals surface area contributed by atoms with Crippen molar-refractivity contribution in [3.8, 4) is 5.75 Å². The molecule has 5 rings (SSSR count). The molecule has 0 saturated carbocycles. The smallest absolute Gasteiger partial charge is 0.145 e. The molecule has 2 heterocycles. The Balaban J connectivity index is 1.28. The Labute approximate surface area is 239 Å². The van der Waals surface area contributed by atoms with Gasteiger partial charge < -0.3 is 15.0 Å². The predicted molar refractivity (Wildman–Crippen MR) is 165 cm³/mol. The van der Waals surface area contributed by atoms with Crippen molar-refractivity contribution in [1.82, 2.24) is 24.7 Å². The highest BCUT2D eigenvalue weighted by molar-refractivity contribution is 5.73. The number of hydrogen-bond donors (Lipinski definition) is 1. The molecule has 1 fully saturated rings. The third-order valence-electron chi connectivity index (χ3n) is 7.61. The number of benzene rings is 2. The van der Waals surface area contributed by atoms with Gasteiger partial charge in [0, 0.05) is 38.3 Å². The first-order chi connectivity index (χ1) is 19.6. The number of allylic oxidation sites excluding steroid dienone is 2. The first kappa shape index (κ1) is 28.0. The second-order valence-corrected chi connectivity index (χ2v) is 10.8. The van der Waals surface area contributed by atoms with Crippen molar-refractivity contribution in [2.24, 2.45) is 0 Å². The average Bonchev–Trinajstić information content (AvgIpc) is 3.23. The van der Waals surface area contributed by atoms with Gasteiger partial charge in [0.2, 0.25) is 0 Å². The normalized spacial score (nSPS) is 16.5. The number of hydrogen-bond acceptors (Lipinski definition) is 7. The summed E-state index contributed by atoms with van der Waals surface area (Å²) in [6.07, 6.45) is 10.7. The third kappa shape index (κ3) is 7.16. The minimum Gasteiger partial charge on any atom is -0.497 e. The summed E-state index contributed by atoms with van der Waals surface area (Å²) in [5.74, 6) is 2.72. The molecular formula is C33H42N6O. The molecule has 0 radical (unpaired) electrons. The van der Waals surface area contributed by atoms with E-state index in [-0.39, 0.29) is 6.04 Å². The lowest BCUT2D eigenvalue weighted by molar-refractivity contribution is 0.103. The first-order valence-electron chi connectivity index (χ1n) is 14.4. The fraction of sp³-hybridized carbons (Fsp3) is 0.394. The highest BCUT2D eigenvalue weighted by atomic mass is 16.5. The molecule has 7 nitrogen and oxygen atoms in total. The molecule has 40 heavy (non-hydrogen) atoms. The van der Waals surface area contributed by atoms with Crippen LogP contribution in [0.25, 0.3) is 12.2 Å². The van der Waals surface area contributed by atoms with Crippen LogP contribution in [0.2, 0.25) is 0 Å². The van der Waals surface area contributed by atoms with Crippen LogP contribution in [0.15, 0.2) is 66.7 Å². The monoisotopic (exact) mass is 538 g/mol. The van der Waals surface area contributed by atoms with Gasteiger partial charge in [-0.3, -0.25) is 9.80 Å². The van der Waals surface area contributed by atoms with Crippen molar-refractivity contribution in [2.45, 2.75) is 25.4 Å². The van der Waals surface area contributed by atoms with Gasteiger partial charge in [-0.25, -0.2) is 9.97 Å². The van der Waals surface area contributed by atoms with Crippen LogP contribution in [0.4, 0.5) is 5.82 Å². The van der Waals surface area contributed by atoms with Gasteiger partial charge in [-0.05, 0) is 62.8 Å². The Morgan fingerprint density at radius 2 is 1.62 bits per heavy atom. The number of aromatic nitrogens is 2. The van der Waals surface area contributed by atoms with E-state index in [1.54, 1.807) is 7.11 Å². The standard InChI is InChI=1S/C33H42N6O/c1-37(2)20-10-19-34-33-29-13-8-5-9-14-30(29)35-31(36-33)25-38-21-23-39(24-22-38)32(26-11-6-4-7-12-26)27-15-17-28(40-3)18-16-27/h4,6-9,11-18,32H,5,10,19-25H2,1-3H3,(H,34,35,36). The van der Waals surface area contributed by atoms with Crippen LogP contribution in [-0.2, 0) is 6.54 Å². The van der Waals surface area contributed by atoms with E-state index in [4.69, 9.17) is 14.7 Å². The predicted octanol–water partition coefficient (Wildman–Crippen LogP) is 5.19. The molecule has 2 aromatic carbocycles. The maximum Gasteiger partial charge on any atom is 0.145 e. The molecule has 3 aromatic rings. The van der Waals surface area contributed by atoms with Crippen LogP contribution >= 0.6 is 0 Å². The molecule has 1 aliphatic heterocycles. The van der Waals surface area contributed by atoms with E-state index in [1.807, 2.05) is 0 Å². The number of methoxy groups -OCH3 is 1. The fourth-order valence-electron chi connectivity index (χ4n) is 5.49. The van der Waals surface area contributed by atoms with Crippen molar-refractivity contribution < 1.29 is 4.74 Å². The Morgan fingerprint density at radius 3 is 2.35 bits per heavy atom. The van der Waals surface area contributed by atoms with Gasteiger partial charge in [-0.15, -0.1) is 0 Å². The molecule has 0 amide bonds. The SMILES string of the molecule is COc1ccc(C(c2ccccc2)N2CCN(Cc3nc4c(c(NCCCN(C)C)n3)C=CCC=C4)CC2)cc1. The van der Waals surface area contributed by atoms with Gasteiger partial charge in [0.25, 0.3) is 0 Å². The number of piperazine rings is 1. The summed E-state index contributed by atoms with van der Waals surface area (Å²) in [5.41, 5.74) is 4.72. The summed E-state index contributed by atoms with van der Waals surface area (Å²) in [6.45, 7) is 6.60. The average molecular weight is 539 g/mol. The van der Waals surface area contributed by atoms with Crippen LogP contribution in [0, 0.1) is 0 Å². The number of anilines is 1. The second kappa shape index (κ2) is 13.7. The largest absolute Gasteiger partial charge is 0.497 e. The molecule has 1 saturated heterocycles. The van der Waals surface area contributed by atoms with Gasteiger partial charge in [0.15, 0.2) is 0 Å². The van der Waals surface area contributed by atoms with Crippen LogP contribution in [0.5, 0.6) is 5.75 Å². The van der Waals surface area contributed by atoms with Gasteiger partial charge in [0.05, 0.1) is 25.4 Å². The van der Waals surface area contributed by atoms with Crippen LogP contribution < -0.4 is 10.1 Å². The zero-order valence-corrected chi connectivity index (χ0v) is 24.1. The first-order valence-corrected chi connectivity index (χ1v) is 14.4. The van der Waals surface area contributed by atoms with Gasteiger partial charge in [0.1, 0.15) is 17.4 Å². The second-order valence-electron chi connectivity index (χ2n) is 10.8. The van der Waals surface area contributed by atoms with Gasteiger partial charge in [-0.2, -0.15) is 0 Å². The van der Waals surface area contributed by atoms with Crippen molar-refractivity contribution >= 4 is 18.0 Å². The number of fused-ring (bicyclic) bond motifs is 1. The highest BCUT2D eigenvalue weighted by Gasteiger charge is 2.27. The molecule has 0 bridgehead atoms. The topological polar surface area (TPSA) is 56.8 Å². The molecule has 2 aliphatic rings. The summed E-state index contributed by atoms with van der Waals surface area (Å²) in [4.78, 5) is 17.3. The van der Waals surface area contributed by atoms with E-state index in [9.17, 15) is 0 Å². The van der Waals surface area contributed by atoms with Crippen molar-refractivity contribution in [3.05, 3.63) is 95.0 Å². The van der Waals surface area contributed by atoms with Crippen LogP contribution in [0.1, 0.15) is 47.1 Å². The molecule has 1 aliphatic carbocycles. The lowest BCUT2D eigenvalue weighted by Crippen LogP contribution is -2.47. The molecule has 0 spiro atoms. The maximum absolute atomic E-state index is 5.41. The van der Waals surface area contributed by atoms with E-state index in [2.05, 4.69) is 113 Å². The van der Waals surface area contributed by atoms with E-state index >= 15 is 0 Å². The highest BCUT2D eigenvalue weighted by Crippen LogP contribution is 2.31. The Bertz CT molecular complexity index is 1280. The summed E-state index contributed by atoms with van der Waals surface area (Å²) in [5, 5.41) is 3.60. The lowest BCUT2D eigenvalue weighted by Gasteiger charge is -2.39. The van der Waals surface area contributed by atoms with E-state index in [0.29, 0.717) is 0 Å². The van der Waals surface area contributed by atoms with Crippen molar-refractivity contribution in [3.63, 3.8) is 0 Å². The molecule has 7 heteroatoms. The van der Waals surface area contributed by atoms with E-state index < -0.39 is 0 Å². The van der Waals surface area contributed by atoms with Crippen molar-refractivity contribution in [2.75, 3.05) is 65.8 Å². The Kier molecular flexibility index (Phi) is 9.60. The fourth-order valence-corrected chi connectivity index (χ4v) is 5.49. The number of ether oxygens (including phenoxy) is 1. The number of rotatable bonds is 11. The van der Waals surface area contributed by atoms with Crippen molar-refractivity contribution in [1.29, 1.82) is 0 Å². The van der Waals surface area contributed by atoms with E-state index in [1.165, 1.54) is 11.1 Å². The quantitative estimate of drug-likeness (QED) is 0.337. The number of nitrogens with zero attached hydrogens (tertiary/aromatic N) is 5. The minimum atomic E-state index is 0.216. The lowest BCUT2D eigenvalue weighted by atomic mass is 9.96. The molecule has 1 unspecified atom stereocenters. The summed E-state index contributed by atoms with van der Waals surface area (Å²) >= 11 is 0.